The number of hydrogen-bond donors (Lipinski definition) is 2. The SMILES string of the molecule is CN=C(NCCc1nc(C(C)C)no1)NC1CCC(C(C)C)CC1. The lowest BCUT2D eigenvalue weighted by Gasteiger charge is -2.32. The Balaban J connectivity index is 1.71. The normalized spacial score (nSPS) is 22.2. The molecule has 0 unspecified atom stereocenters. The average molecular weight is 335 g/mol. The highest BCUT2D eigenvalue weighted by Gasteiger charge is 2.23. The maximum absolute atomic E-state index is 5.26. The Labute approximate surface area is 145 Å². The number of guanidine groups is 1. The van der Waals surface area contributed by atoms with Crippen LogP contribution in [0.25, 0.3) is 0 Å². The largest absolute Gasteiger partial charge is 0.356 e. The van der Waals surface area contributed by atoms with Gasteiger partial charge in [0.25, 0.3) is 0 Å². The molecule has 0 aliphatic heterocycles. The Kier molecular flexibility index (Phi) is 7.06. The first kappa shape index (κ1) is 18.7. The molecule has 24 heavy (non-hydrogen) atoms. The lowest BCUT2D eigenvalue weighted by Crippen LogP contribution is -2.45. The number of nitrogens with zero attached hydrogens (tertiary/aromatic N) is 3. The highest BCUT2D eigenvalue weighted by Crippen LogP contribution is 2.29. The van der Waals surface area contributed by atoms with Gasteiger partial charge < -0.3 is 15.2 Å². The van der Waals surface area contributed by atoms with Crippen LogP contribution in [0.1, 0.15) is 71.0 Å². The molecule has 1 aliphatic rings. The van der Waals surface area contributed by atoms with Gasteiger partial charge in [0.2, 0.25) is 5.89 Å². The summed E-state index contributed by atoms with van der Waals surface area (Å²) in [6.07, 6.45) is 5.79. The second kappa shape index (κ2) is 9.04. The van der Waals surface area contributed by atoms with E-state index in [0.717, 1.165) is 30.2 Å². The fourth-order valence-corrected chi connectivity index (χ4v) is 3.21. The molecule has 0 saturated heterocycles. The quantitative estimate of drug-likeness (QED) is 0.617. The highest BCUT2D eigenvalue weighted by molar-refractivity contribution is 5.79. The number of hydrogen-bond acceptors (Lipinski definition) is 4. The molecule has 1 aromatic heterocycles. The van der Waals surface area contributed by atoms with Crippen molar-refractivity contribution in [3.63, 3.8) is 0 Å². The summed E-state index contributed by atoms with van der Waals surface area (Å²) in [4.78, 5) is 8.72. The van der Waals surface area contributed by atoms with Crippen molar-refractivity contribution in [2.45, 2.75) is 71.8 Å². The van der Waals surface area contributed by atoms with Crippen molar-refractivity contribution < 1.29 is 4.52 Å². The molecule has 1 heterocycles. The van der Waals surface area contributed by atoms with Gasteiger partial charge in [-0.1, -0.05) is 32.9 Å². The molecule has 1 aliphatic carbocycles. The molecule has 136 valence electrons. The van der Waals surface area contributed by atoms with E-state index in [1.54, 1.807) is 0 Å². The summed E-state index contributed by atoms with van der Waals surface area (Å²) in [5.74, 6) is 4.30. The number of aromatic nitrogens is 2. The van der Waals surface area contributed by atoms with Crippen molar-refractivity contribution in [2.24, 2.45) is 16.8 Å². The second-order valence-corrected chi connectivity index (χ2v) is 7.45. The highest BCUT2D eigenvalue weighted by atomic mass is 16.5. The first-order valence-electron chi connectivity index (χ1n) is 9.29. The van der Waals surface area contributed by atoms with E-state index in [0.29, 0.717) is 24.3 Å². The minimum Gasteiger partial charge on any atom is -0.356 e. The van der Waals surface area contributed by atoms with Crippen LogP contribution in [0.2, 0.25) is 0 Å². The maximum Gasteiger partial charge on any atom is 0.228 e. The Morgan fingerprint density at radius 2 is 1.92 bits per heavy atom. The summed E-state index contributed by atoms with van der Waals surface area (Å²) in [6, 6.07) is 0.530. The molecule has 0 aromatic carbocycles. The zero-order chi connectivity index (χ0) is 17.5. The number of nitrogens with one attached hydrogen (secondary N) is 2. The van der Waals surface area contributed by atoms with E-state index >= 15 is 0 Å². The predicted octanol–water partition coefficient (Wildman–Crippen LogP) is 3.12. The van der Waals surface area contributed by atoms with Crippen molar-refractivity contribution >= 4 is 5.96 Å². The van der Waals surface area contributed by atoms with Crippen molar-refractivity contribution in [1.82, 2.24) is 20.8 Å². The van der Waals surface area contributed by atoms with Crippen molar-refractivity contribution in [2.75, 3.05) is 13.6 Å². The van der Waals surface area contributed by atoms with Gasteiger partial charge in [0.05, 0.1) is 0 Å². The van der Waals surface area contributed by atoms with Crippen LogP contribution in [-0.4, -0.2) is 35.7 Å². The fourth-order valence-electron chi connectivity index (χ4n) is 3.21. The smallest absolute Gasteiger partial charge is 0.228 e. The van der Waals surface area contributed by atoms with Crippen LogP contribution in [0.5, 0.6) is 0 Å². The lowest BCUT2D eigenvalue weighted by molar-refractivity contribution is 0.250. The zero-order valence-electron chi connectivity index (χ0n) is 15.8. The summed E-state index contributed by atoms with van der Waals surface area (Å²) in [5.41, 5.74) is 0. The van der Waals surface area contributed by atoms with E-state index in [-0.39, 0.29) is 0 Å². The monoisotopic (exact) mass is 335 g/mol. The van der Waals surface area contributed by atoms with E-state index in [2.05, 4.69) is 53.5 Å². The summed E-state index contributed by atoms with van der Waals surface area (Å²) in [5, 5.41) is 10.9. The molecular weight excluding hydrogens is 302 g/mol. The Morgan fingerprint density at radius 3 is 2.46 bits per heavy atom. The lowest BCUT2D eigenvalue weighted by atomic mass is 9.80. The molecule has 6 nitrogen and oxygen atoms in total. The Bertz CT molecular complexity index is 515. The van der Waals surface area contributed by atoms with E-state index in [1.165, 1.54) is 25.7 Å². The zero-order valence-corrected chi connectivity index (χ0v) is 15.8. The van der Waals surface area contributed by atoms with Crippen LogP contribution < -0.4 is 10.6 Å². The molecule has 1 saturated carbocycles. The minimum absolute atomic E-state index is 0.297. The summed E-state index contributed by atoms with van der Waals surface area (Å²) in [6.45, 7) is 9.53. The molecule has 0 radical (unpaired) electrons. The number of rotatable bonds is 6. The molecule has 0 amide bonds. The first-order valence-corrected chi connectivity index (χ1v) is 9.29. The van der Waals surface area contributed by atoms with Gasteiger partial charge in [-0.15, -0.1) is 0 Å². The van der Waals surface area contributed by atoms with Crippen LogP contribution in [0.3, 0.4) is 0 Å². The van der Waals surface area contributed by atoms with Crippen molar-refractivity contribution in [3.05, 3.63) is 11.7 Å². The third-order valence-corrected chi connectivity index (χ3v) is 4.91. The van der Waals surface area contributed by atoms with Crippen molar-refractivity contribution in [1.29, 1.82) is 0 Å². The van der Waals surface area contributed by atoms with Crippen molar-refractivity contribution in [3.8, 4) is 0 Å². The summed E-state index contributed by atoms with van der Waals surface area (Å²) < 4.78 is 5.26. The van der Waals surface area contributed by atoms with Crippen LogP contribution in [0.4, 0.5) is 0 Å². The Morgan fingerprint density at radius 1 is 1.21 bits per heavy atom. The van der Waals surface area contributed by atoms with E-state index < -0.39 is 0 Å². The standard InChI is InChI=1S/C18H33N5O/c1-12(2)14-6-8-15(9-7-14)21-18(19-5)20-11-10-16-22-17(13(3)4)23-24-16/h12-15H,6-11H2,1-5H3,(H2,19,20,21). The van der Waals surface area contributed by atoms with Gasteiger partial charge in [0, 0.05) is 32.0 Å². The molecule has 0 bridgehead atoms. The molecule has 0 atom stereocenters. The van der Waals surface area contributed by atoms with Gasteiger partial charge in [-0.05, 0) is 37.5 Å². The van der Waals surface area contributed by atoms with Crippen LogP contribution in [0, 0.1) is 11.8 Å². The molecule has 2 N–H and O–H groups in total. The summed E-state index contributed by atoms with van der Waals surface area (Å²) in [7, 11) is 1.82. The maximum atomic E-state index is 5.26. The molecule has 2 rings (SSSR count). The molecule has 6 heteroatoms. The van der Waals surface area contributed by atoms with Crippen LogP contribution >= 0.6 is 0 Å². The topological polar surface area (TPSA) is 75.3 Å². The van der Waals surface area contributed by atoms with Gasteiger partial charge >= 0.3 is 0 Å². The third kappa shape index (κ3) is 5.49. The van der Waals surface area contributed by atoms with Gasteiger partial charge in [0.15, 0.2) is 11.8 Å². The van der Waals surface area contributed by atoms with Gasteiger partial charge in [-0.2, -0.15) is 4.98 Å². The fraction of sp³-hybridized carbons (Fsp3) is 0.833. The van der Waals surface area contributed by atoms with E-state index in [4.69, 9.17) is 4.52 Å². The second-order valence-electron chi connectivity index (χ2n) is 7.45. The van der Waals surface area contributed by atoms with E-state index in [9.17, 15) is 0 Å². The minimum atomic E-state index is 0.297. The first-order chi connectivity index (χ1) is 11.5. The number of aliphatic imine (C=N–C) groups is 1. The molecule has 1 fully saturated rings. The molecular formula is C18H33N5O. The van der Waals surface area contributed by atoms with Gasteiger partial charge in [0.1, 0.15) is 0 Å². The van der Waals surface area contributed by atoms with Gasteiger partial charge in [-0.25, -0.2) is 0 Å². The van der Waals surface area contributed by atoms with Crippen LogP contribution in [0.15, 0.2) is 9.52 Å². The predicted molar refractivity (Wildman–Crippen MR) is 97.2 cm³/mol. The molecule has 1 aromatic rings. The average Bonchev–Trinajstić information content (AvgIpc) is 3.03. The Hall–Kier alpha value is -1.59. The summed E-state index contributed by atoms with van der Waals surface area (Å²) >= 11 is 0. The van der Waals surface area contributed by atoms with Crippen LogP contribution in [-0.2, 0) is 6.42 Å². The third-order valence-electron chi connectivity index (χ3n) is 4.91. The van der Waals surface area contributed by atoms with E-state index in [1.807, 2.05) is 7.05 Å². The molecule has 0 spiro atoms. The van der Waals surface area contributed by atoms with Gasteiger partial charge in [-0.3, -0.25) is 4.99 Å².